The monoisotopic (exact) mass is 637 g/mol. The van der Waals surface area contributed by atoms with Crippen LogP contribution in [0.15, 0.2) is 192 Å². The zero-order valence-corrected chi connectivity index (χ0v) is 27.3. The van der Waals surface area contributed by atoms with Crippen LogP contribution in [0.4, 0.5) is 17.1 Å². The van der Waals surface area contributed by atoms with E-state index in [4.69, 9.17) is 4.42 Å². The molecule has 0 saturated heterocycles. The molecule has 0 spiro atoms. The first-order valence-electron chi connectivity index (χ1n) is 17.1. The zero-order valence-electron chi connectivity index (χ0n) is 27.3. The van der Waals surface area contributed by atoms with Crippen molar-refractivity contribution in [2.75, 3.05) is 4.90 Å². The lowest BCUT2D eigenvalue weighted by atomic mass is 9.96. The number of anilines is 3. The van der Waals surface area contributed by atoms with Gasteiger partial charge in [-0.2, -0.15) is 0 Å². The van der Waals surface area contributed by atoms with Gasteiger partial charge in [0, 0.05) is 22.1 Å². The molecular formula is C48H31NO. The highest BCUT2D eigenvalue weighted by atomic mass is 16.3. The third-order valence-corrected chi connectivity index (χ3v) is 9.98. The van der Waals surface area contributed by atoms with Crippen LogP contribution in [-0.4, -0.2) is 0 Å². The molecule has 1 heterocycles. The van der Waals surface area contributed by atoms with Crippen LogP contribution >= 0.6 is 0 Å². The maximum Gasteiger partial charge on any atom is 0.143 e. The van der Waals surface area contributed by atoms with Gasteiger partial charge in [0.25, 0.3) is 0 Å². The van der Waals surface area contributed by atoms with Crippen molar-refractivity contribution in [2.24, 2.45) is 0 Å². The van der Waals surface area contributed by atoms with Gasteiger partial charge < -0.3 is 9.32 Å². The van der Waals surface area contributed by atoms with Gasteiger partial charge in [0.1, 0.15) is 11.2 Å². The van der Waals surface area contributed by atoms with Crippen LogP contribution in [0.3, 0.4) is 0 Å². The van der Waals surface area contributed by atoms with Crippen molar-refractivity contribution in [3.63, 3.8) is 0 Å². The fourth-order valence-electron chi connectivity index (χ4n) is 7.51. The molecule has 0 saturated carbocycles. The highest BCUT2D eigenvalue weighted by molar-refractivity contribution is 6.19. The standard InChI is InChI=1S/C48H31NO/c1-3-10-32(11-4-1)34-18-19-36-29-37(21-20-35(36)28-34)38-22-23-40-31-42(26-24-39(40)30-38)49(41-13-5-2-6-14-41)45-16-9-17-46-47(45)44-27-25-33-12-7-8-15-43(33)48(44)50-46/h1-31H. The Labute approximate surface area is 290 Å². The average Bonchev–Trinajstić information content (AvgIpc) is 3.58. The lowest BCUT2D eigenvalue weighted by Crippen LogP contribution is -2.10. The van der Waals surface area contributed by atoms with Crippen molar-refractivity contribution >= 4 is 71.3 Å². The molecule has 0 aliphatic heterocycles. The normalized spacial score (nSPS) is 11.6. The van der Waals surface area contributed by atoms with Gasteiger partial charge in [-0.25, -0.2) is 0 Å². The van der Waals surface area contributed by atoms with E-state index in [-0.39, 0.29) is 0 Å². The van der Waals surface area contributed by atoms with E-state index in [1.807, 2.05) is 0 Å². The highest BCUT2D eigenvalue weighted by Gasteiger charge is 2.20. The molecule has 0 bridgehead atoms. The topological polar surface area (TPSA) is 16.4 Å². The van der Waals surface area contributed by atoms with Crippen LogP contribution in [0, 0.1) is 0 Å². The predicted octanol–water partition coefficient (Wildman–Crippen LogP) is 13.8. The van der Waals surface area contributed by atoms with Crippen LogP contribution in [0.1, 0.15) is 0 Å². The van der Waals surface area contributed by atoms with Crippen LogP contribution in [0.5, 0.6) is 0 Å². The molecule has 10 aromatic rings. The molecule has 0 unspecified atom stereocenters. The van der Waals surface area contributed by atoms with Crippen molar-refractivity contribution in [3.8, 4) is 22.3 Å². The first-order chi connectivity index (χ1) is 24.8. The molecule has 0 radical (unpaired) electrons. The van der Waals surface area contributed by atoms with E-state index in [0.717, 1.165) is 44.4 Å². The Morgan fingerprint density at radius 1 is 0.340 bits per heavy atom. The fraction of sp³-hybridized carbons (Fsp3) is 0. The van der Waals surface area contributed by atoms with Gasteiger partial charge in [0.05, 0.1) is 11.1 Å². The number of rotatable bonds is 5. The van der Waals surface area contributed by atoms with E-state index in [1.165, 1.54) is 49.2 Å². The largest absolute Gasteiger partial charge is 0.455 e. The summed E-state index contributed by atoms with van der Waals surface area (Å²) in [6, 6.07) is 67.5. The summed E-state index contributed by atoms with van der Waals surface area (Å²) in [6.07, 6.45) is 0. The summed E-state index contributed by atoms with van der Waals surface area (Å²) in [5, 5.41) is 9.42. The minimum atomic E-state index is 0.881. The van der Waals surface area contributed by atoms with Crippen molar-refractivity contribution in [1.82, 2.24) is 0 Å². The second-order valence-corrected chi connectivity index (χ2v) is 13.0. The number of nitrogens with zero attached hydrogens (tertiary/aromatic N) is 1. The van der Waals surface area contributed by atoms with Gasteiger partial charge in [-0.15, -0.1) is 0 Å². The first kappa shape index (κ1) is 28.4. The summed E-state index contributed by atoms with van der Waals surface area (Å²) in [4.78, 5) is 2.35. The second-order valence-electron chi connectivity index (χ2n) is 13.0. The van der Waals surface area contributed by atoms with Gasteiger partial charge in [0.2, 0.25) is 0 Å². The van der Waals surface area contributed by atoms with Crippen molar-refractivity contribution < 1.29 is 4.42 Å². The van der Waals surface area contributed by atoms with Gasteiger partial charge in [-0.05, 0) is 110 Å². The SMILES string of the molecule is c1ccc(-c2ccc3cc(-c4ccc5cc(N(c6ccccc6)c6cccc7oc8c9ccccc9ccc8c67)ccc5c4)ccc3c2)cc1. The third kappa shape index (κ3) is 4.73. The van der Waals surface area contributed by atoms with E-state index in [2.05, 4.69) is 193 Å². The summed E-state index contributed by atoms with van der Waals surface area (Å²) < 4.78 is 6.58. The van der Waals surface area contributed by atoms with Gasteiger partial charge >= 0.3 is 0 Å². The molecule has 0 fully saturated rings. The van der Waals surface area contributed by atoms with Gasteiger partial charge in [-0.3, -0.25) is 0 Å². The molecule has 50 heavy (non-hydrogen) atoms. The summed E-state index contributed by atoms with van der Waals surface area (Å²) in [6.45, 7) is 0. The van der Waals surface area contributed by atoms with Crippen LogP contribution < -0.4 is 4.90 Å². The molecule has 9 aromatic carbocycles. The molecule has 234 valence electrons. The molecule has 0 N–H and O–H groups in total. The Morgan fingerprint density at radius 2 is 0.920 bits per heavy atom. The van der Waals surface area contributed by atoms with E-state index in [1.54, 1.807) is 0 Å². The fourth-order valence-corrected chi connectivity index (χ4v) is 7.51. The van der Waals surface area contributed by atoms with Crippen LogP contribution in [0.2, 0.25) is 0 Å². The van der Waals surface area contributed by atoms with Crippen molar-refractivity contribution in [3.05, 3.63) is 188 Å². The van der Waals surface area contributed by atoms with Gasteiger partial charge in [0.15, 0.2) is 0 Å². The Hall–Kier alpha value is -6.64. The maximum absolute atomic E-state index is 6.58. The van der Waals surface area contributed by atoms with Gasteiger partial charge in [-0.1, -0.05) is 127 Å². The first-order valence-corrected chi connectivity index (χ1v) is 17.1. The molecule has 0 amide bonds. The molecule has 0 aliphatic carbocycles. The summed E-state index contributed by atoms with van der Waals surface area (Å²) in [7, 11) is 0. The minimum absolute atomic E-state index is 0.881. The quantitative estimate of drug-likeness (QED) is 0.187. The number of benzene rings is 9. The Kier molecular flexibility index (Phi) is 6.53. The third-order valence-electron chi connectivity index (χ3n) is 9.98. The molecule has 1 aromatic heterocycles. The smallest absolute Gasteiger partial charge is 0.143 e. The lowest BCUT2D eigenvalue weighted by molar-refractivity contribution is 0.672. The molecule has 0 aliphatic rings. The Morgan fingerprint density at radius 3 is 1.64 bits per heavy atom. The summed E-state index contributed by atoms with van der Waals surface area (Å²) >= 11 is 0. The van der Waals surface area contributed by atoms with E-state index < -0.39 is 0 Å². The van der Waals surface area contributed by atoms with Crippen LogP contribution in [-0.2, 0) is 0 Å². The molecular weight excluding hydrogens is 607 g/mol. The Balaban J connectivity index is 1.07. The zero-order chi connectivity index (χ0) is 33.0. The molecule has 10 rings (SSSR count). The Bertz CT molecular complexity index is 2870. The maximum atomic E-state index is 6.58. The average molecular weight is 638 g/mol. The van der Waals surface area contributed by atoms with E-state index >= 15 is 0 Å². The number of hydrogen-bond donors (Lipinski definition) is 0. The van der Waals surface area contributed by atoms with E-state index in [0.29, 0.717) is 0 Å². The van der Waals surface area contributed by atoms with Crippen molar-refractivity contribution in [2.45, 2.75) is 0 Å². The number of hydrogen-bond acceptors (Lipinski definition) is 2. The van der Waals surface area contributed by atoms with Crippen molar-refractivity contribution in [1.29, 1.82) is 0 Å². The predicted molar refractivity (Wildman–Crippen MR) is 212 cm³/mol. The lowest BCUT2D eigenvalue weighted by Gasteiger charge is -2.26. The molecule has 2 nitrogen and oxygen atoms in total. The molecule has 2 heteroatoms. The number of fused-ring (bicyclic) bond motifs is 7. The van der Waals surface area contributed by atoms with E-state index in [9.17, 15) is 0 Å². The second kappa shape index (κ2) is 11.5. The minimum Gasteiger partial charge on any atom is -0.455 e. The number of furan rings is 1. The molecule has 0 atom stereocenters. The number of para-hydroxylation sites is 1. The van der Waals surface area contributed by atoms with Crippen LogP contribution in [0.25, 0.3) is 76.5 Å². The summed E-state index contributed by atoms with van der Waals surface area (Å²) in [5.41, 5.74) is 9.99. The summed E-state index contributed by atoms with van der Waals surface area (Å²) in [5.74, 6) is 0. The highest BCUT2D eigenvalue weighted by Crippen LogP contribution is 2.44.